The van der Waals surface area contributed by atoms with E-state index >= 15 is 0 Å². The third-order valence-corrected chi connectivity index (χ3v) is 3.84. The van der Waals surface area contributed by atoms with E-state index in [1.807, 2.05) is 13.0 Å². The van der Waals surface area contributed by atoms with Gasteiger partial charge in [-0.05, 0) is 30.7 Å². The van der Waals surface area contributed by atoms with Crippen LogP contribution in [0, 0.1) is 5.92 Å². The van der Waals surface area contributed by atoms with Crippen LogP contribution in [-0.2, 0) is 4.43 Å². The van der Waals surface area contributed by atoms with E-state index in [2.05, 4.69) is 50.7 Å². The molecule has 1 aromatic carbocycles. The van der Waals surface area contributed by atoms with E-state index in [-0.39, 0.29) is 0 Å². The standard InChI is InChI=1S/C13H19OSi/c1-11(2)10-12(3)14-15(4)13-8-6-5-7-9-13/h5-11H,1-4H3/b12-10-. The molecule has 2 heteroatoms. The minimum absolute atomic E-state index is 0.551. The molecule has 0 bridgehead atoms. The van der Waals surface area contributed by atoms with Crippen LogP contribution in [0.3, 0.4) is 0 Å². The number of allylic oxidation sites excluding steroid dienone is 2. The average molecular weight is 219 g/mol. The summed E-state index contributed by atoms with van der Waals surface area (Å²) in [5, 5.41) is 1.32. The van der Waals surface area contributed by atoms with Crippen LogP contribution in [0.5, 0.6) is 0 Å². The van der Waals surface area contributed by atoms with Gasteiger partial charge in [-0.15, -0.1) is 0 Å². The van der Waals surface area contributed by atoms with Crippen LogP contribution in [-0.4, -0.2) is 9.04 Å². The first-order valence-electron chi connectivity index (χ1n) is 5.35. The van der Waals surface area contributed by atoms with Crippen molar-refractivity contribution in [2.24, 2.45) is 5.92 Å². The average Bonchev–Trinajstić information content (AvgIpc) is 2.17. The lowest BCUT2D eigenvalue weighted by Gasteiger charge is -2.13. The summed E-state index contributed by atoms with van der Waals surface area (Å²) >= 11 is 0. The predicted octanol–water partition coefficient (Wildman–Crippen LogP) is 3.09. The van der Waals surface area contributed by atoms with Crippen molar-refractivity contribution in [1.82, 2.24) is 0 Å². The van der Waals surface area contributed by atoms with Crippen LogP contribution in [0.4, 0.5) is 0 Å². The number of benzene rings is 1. The second kappa shape index (κ2) is 5.76. The monoisotopic (exact) mass is 219 g/mol. The maximum Gasteiger partial charge on any atom is 0.312 e. The highest BCUT2D eigenvalue weighted by molar-refractivity contribution is 6.66. The van der Waals surface area contributed by atoms with Crippen molar-refractivity contribution in [1.29, 1.82) is 0 Å². The van der Waals surface area contributed by atoms with Gasteiger partial charge in [-0.1, -0.05) is 44.2 Å². The van der Waals surface area contributed by atoms with Crippen LogP contribution < -0.4 is 5.19 Å². The molecule has 0 N–H and O–H groups in total. The summed E-state index contributed by atoms with van der Waals surface area (Å²) < 4.78 is 5.91. The first-order chi connectivity index (χ1) is 7.09. The van der Waals surface area contributed by atoms with E-state index in [0.29, 0.717) is 5.92 Å². The lowest BCUT2D eigenvalue weighted by molar-refractivity contribution is 0.440. The second-order valence-corrected chi connectivity index (χ2v) is 5.94. The van der Waals surface area contributed by atoms with Crippen molar-refractivity contribution in [3.63, 3.8) is 0 Å². The Labute approximate surface area is 94.5 Å². The molecule has 0 unspecified atom stereocenters. The molecule has 0 atom stereocenters. The summed E-state index contributed by atoms with van der Waals surface area (Å²) in [5.41, 5.74) is 0. The first-order valence-corrected chi connectivity index (χ1v) is 7.25. The zero-order valence-electron chi connectivity index (χ0n) is 9.95. The van der Waals surface area contributed by atoms with Crippen molar-refractivity contribution >= 4 is 14.2 Å². The van der Waals surface area contributed by atoms with Crippen LogP contribution in [0.1, 0.15) is 20.8 Å². The molecule has 0 aliphatic carbocycles. The molecule has 0 aromatic heterocycles. The van der Waals surface area contributed by atoms with Crippen LogP contribution >= 0.6 is 0 Å². The maximum atomic E-state index is 5.91. The van der Waals surface area contributed by atoms with Crippen molar-refractivity contribution < 1.29 is 4.43 Å². The molecule has 1 rings (SSSR count). The lowest BCUT2D eigenvalue weighted by atomic mass is 10.2. The van der Waals surface area contributed by atoms with E-state index in [1.54, 1.807) is 0 Å². The highest BCUT2D eigenvalue weighted by Crippen LogP contribution is 2.05. The molecular weight excluding hydrogens is 200 g/mol. The third kappa shape index (κ3) is 4.34. The third-order valence-electron chi connectivity index (χ3n) is 2.06. The first kappa shape index (κ1) is 12.0. The summed E-state index contributed by atoms with van der Waals surface area (Å²) in [7, 11) is -0.880. The number of hydrogen-bond donors (Lipinski definition) is 0. The quantitative estimate of drug-likeness (QED) is 0.558. The van der Waals surface area contributed by atoms with E-state index in [9.17, 15) is 0 Å². The van der Waals surface area contributed by atoms with E-state index < -0.39 is 9.04 Å². The SMILES string of the molecule is C/C(=C/C(C)C)O[Si](C)c1ccccc1. The van der Waals surface area contributed by atoms with Gasteiger partial charge in [-0.3, -0.25) is 0 Å². The maximum absolute atomic E-state index is 5.91. The molecule has 0 aliphatic rings. The zero-order valence-corrected chi connectivity index (χ0v) is 10.9. The molecule has 1 aromatic rings. The molecule has 0 fully saturated rings. The summed E-state index contributed by atoms with van der Waals surface area (Å²) in [6.07, 6.45) is 2.16. The number of hydrogen-bond acceptors (Lipinski definition) is 1. The topological polar surface area (TPSA) is 9.23 Å². The smallest absolute Gasteiger partial charge is 0.312 e. The Morgan fingerprint density at radius 3 is 2.40 bits per heavy atom. The normalized spacial score (nSPS) is 12.3. The van der Waals surface area contributed by atoms with Crippen LogP contribution in [0.25, 0.3) is 0 Å². The fourth-order valence-electron chi connectivity index (χ4n) is 1.48. The Bertz CT molecular complexity index is 317. The van der Waals surface area contributed by atoms with Gasteiger partial charge in [0.2, 0.25) is 0 Å². The molecule has 0 heterocycles. The van der Waals surface area contributed by atoms with Crippen molar-refractivity contribution in [2.45, 2.75) is 27.3 Å². The van der Waals surface area contributed by atoms with Gasteiger partial charge in [0.25, 0.3) is 0 Å². The fourth-order valence-corrected chi connectivity index (χ4v) is 2.81. The molecule has 81 valence electrons. The summed E-state index contributed by atoms with van der Waals surface area (Å²) in [5.74, 6) is 1.60. The highest BCUT2D eigenvalue weighted by atomic mass is 28.3. The summed E-state index contributed by atoms with van der Waals surface area (Å²) in [6.45, 7) is 8.55. The van der Waals surface area contributed by atoms with Crippen LogP contribution in [0.2, 0.25) is 6.55 Å². The van der Waals surface area contributed by atoms with E-state index in [1.165, 1.54) is 5.19 Å². The van der Waals surface area contributed by atoms with Gasteiger partial charge < -0.3 is 4.43 Å². The van der Waals surface area contributed by atoms with Gasteiger partial charge in [0.15, 0.2) is 0 Å². The molecule has 0 spiro atoms. The Morgan fingerprint density at radius 2 is 1.87 bits per heavy atom. The van der Waals surface area contributed by atoms with Crippen molar-refractivity contribution in [2.75, 3.05) is 0 Å². The van der Waals surface area contributed by atoms with Gasteiger partial charge in [0.05, 0.1) is 5.76 Å². The fraction of sp³-hybridized carbons (Fsp3) is 0.385. The van der Waals surface area contributed by atoms with E-state index in [4.69, 9.17) is 4.43 Å². The van der Waals surface area contributed by atoms with Crippen molar-refractivity contribution in [3.8, 4) is 0 Å². The van der Waals surface area contributed by atoms with Gasteiger partial charge in [-0.2, -0.15) is 0 Å². The summed E-state index contributed by atoms with van der Waals surface area (Å²) in [6, 6.07) is 10.4. The second-order valence-electron chi connectivity index (χ2n) is 4.05. The number of rotatable bonds is 4. The Morgan fingerprint density at radius 1 is 1.27 bits per heavy atom. The van der Waals surface area contributed by atoms with Gasteiger partial charge in [0, 0.05) is 0 Å². The molecule has 0 saturated carbocycles. The molecule has 15 heavy (non-hydrogen) atoms. The van der Waals surface area contributed by atoms with Crippen LogP contribution in [0.15, 0.2) is 42.2 Å². The van der Waals surface area contributed by atoms with E-state index in [0.717, 1.165) is 5.76 Å². The highest BCUT2D eigenvalue weighted by Gasteiger charge is 2.10. The minimum Gasteiger partial charge on any atom is -0.541 e. The molecule has 0 aliphatic heterocycles. The Hall–Kier alpha value is -1.02. The largest absolute Gasteiger partial charge is 0.541 e. The lowest BCUT2D eigenvalue weighted by Crippen LogP contribution is -2.29. The Balaban J connectivity index is 2.60. The van der Waals surface area contributed by atoms with Gasteiger partial charge in [-0.25, -0.2) is 0 Å². The molecule has 0 amide bonds. The minimum atomic E-state index is -0.880. The molecule has 1 nitrogen and oxygen atoms in total. The molecular formula is C13H19OSi. The van der Waals surface area contributed by atoms with Gasteiger partial charge >= 0.3 is 9.04 Å². The molecule has 1 radical (unpaired) electrons. The predicted molar refractivity (Wildman–Crippen MR) is 67.4 cm³/mol. The Kier molecular flexibility index (Phi) is 4.63. The van der Waals surface area contributed by atoms with Crippen molar-refractivity contribution in [3.05, 3.63) is 42.2 Å². The zero-order chi connectivity index (χ0) is 11.3. The summed E-state index contributed by atoms with van der Waals surface area (Å²) in [4.78, 5) is 0. The molecule has 0 saturated heterocycles. The van der Waals surface area contributed by atoms with Gasteiger partial charge in [0.1, 0.15) is 0 Å².